The molecule has 8 nitrogen and oxygen atoms in total. The van der Waals surface area contributed by atoms with Crippen molar-refractivity contribution in [3.63, 3.8) is 0 Å². The number of esters is 1. The van der Waals surface area contributed by atoms with Gasteiger partial charge in [0.15, 0.2) is 5.69 Å². The highest BCUT2D eigenvalue weighted by atomic mass is 16.5. The van der Waals surface area contributed by atoms with E-state index in [4.69, 9.17) is 4.74 Å². The van der Waals surface area contributed by atoms with Gasteiger partial charge in [0.2, 0.25) is 0 Å². The number of aromatic nitrogens is 2. The second-order valence-corrected chi connectivity index (χ2v) is 6.65. The van der Waals surface area contributed by atoms with Crippen molar-refractivity contribution in [2.75, 3.05) is 36.9 Å². The van der Waals surface area contributed by atoms with E-state index in [0.717, 1.165) is 31.6 Å². The summed E-state index contributed by atoms with van der Waals surface area (Å²) in [6, 6.07) is 7.04. The normalized spacial score (nSPS) is 16.4. The van der Waals surface area contributed by atoms with Gasteiger partial charge < -0.3 is 20.7 Å². The minimum atomic E-state index is -0.421. The van der Waals surface area contributed by atoms with Gasteiger partial charge in [0.25, 0.3) is 5.91 Å². The Kier molecular flexibility index (Phi) is 6.65. The lowest BCUT2D eigenvalue weighted by atomic mass is 10.1. The molecule has 3 rings (SSSR count). The lowest BCUT2D eigenvalue weighted by Crippen LogP contribution is -2.32. The van der Waals surface area contributed by atoms with Gasteiger partial charge in [0.1, 0.15) is 0 Å². The standard InChI is InChI=1S/C20H27N5O3/c1-3-22-16-8-7-14(20(27)28-4-2)12-18(16)23-19(26)17-9-11-25(24-17)15-6-5-10-21-13-15/h7-9,11-12,15,21-22H,3-6,10,13H2,1-2H3,(H,23,26). The maximum absolute atomic E-state index is 12.7. The lowest BCUT2D eigenvalue weighted by molar-refractivity contribution is 0.0526. The maximum Gasteiger partial charge on any atom is 0.338 e. The first-order valence-corrected chi connectivity index (χ1v) is 9.74. The Morgan fingerprint density at radius 1 is 1.29 bits per heavy atom. The average Bonchev–Trinajstić information content (AvgIpc) is 3.21. The van der Waals surface area contributed by atoms with Gasteiger partial charge >= 0.3 is 5.97 Å². The summed E-state index contributed by atoms with van der Waals surface area (Å²) in [5.74, 6) is -0.738. The number of hydrogen-bond donors (Lipinski definition) is 3. The molecule has 0 bridgehead atoms. The van der Waals surface area contributed by atoms with E-state index in [0.29, 0.717) is 30.1 Å². The van der Waals surface area contributed by atoms with Gasteiger partial charge in [0, 0.05) is 19.3 Å². The molecule has 1 aromatic heterocycles. The van der Waals surface area contributed by atoms with Crippen molar-refractivity contribution in [2.45, 2.75) is 32.7 Å². The minimum Gasteiger partial charge on any atom is -0.462 e. The van der Waals surface area contributed by atoms with Crippen LogP contribution in [-0.4, -0.2) is 47.9 Å². The Morgan fingerprint density at radius 2 is 2.14 bits per heavy atom. The molecule has 0 aliphatic carbocycles. The molecule has 1 amide bonds. The fraction of sp³-hybridized carbons (Fsp3) is 0.450. The SMILES string of the molecule is CCNc1ccc(C(=O)OCC)cc1NC(=O)c1ccn(C2CCCNC2)n1. The Labute approximate surface area is 164 Å². The number of nitrogens with one attached hydrogen (secondary N) is 3. The third-order valence-electron chi connectivity index (χ3n) is 4.63. The summed E-state index contributed by atoms with van der Waals surface area (Å²) in [5, 5.41) is 13.8. The van der Waals surface area contributed by atoms with Crippen LogP contribution in [0.3, 0.4) is 0 Å². The molecule has 8 heteroatoms. The quantitative estimate of drug-likeness (QED) is 0.634. The number of anilines is 2. The zero-order chi connectivity index (χ0) is 19.9. The molecule has 1 aliphatic heterocycles. The van der Waals surface area contributed by atoms with Crippen molar-refractivity contribution >= 4 is 23.3 Å². The molecule has 2 aromatic rings. The first-order chi connectivity index (χ1) is 13.6. The molecule has 1 atom stereocenters. The van der Waals surface area contributed by atoms with Gasteiger partial charge in [-0.2, -0.15) is 5.10 Å². The Hall–Kier alpha value is -2.87. The fourth-order valence-electron chi connectivity index (χ4n) is 3.24. The number of nitrogens with zero attached hydrogens (tertiary/aromatic N) is 2. The van der Waals surface area contributed by atoms with Crippen LogP contribution in [0.15, 0.2) is 30.5 Å². The van der Waals surface area contributed by atoms with Crippen LogP contribution in [0.1, 0.15) is 53.6 Å². The highest BCUT2D eigenvalue weighted by molar-refractivity contribution is 6.05. The van der Waals surface area contributed by atoms with E-state index in [9.17, 15) is 9.59 Å². The first-order valence-electron chi connectivity index (χ1n) is 9.74. The van der Waals surface area contributed by atoms with Crippen molar-refractivity contribution in [1.82, 2.24) is 15.1 Å². The monoisotopic (exact) mass is 385 g/mol. The fourth-order valence-corrected chi connectivity index (χ4v) is 3.24. The number of hydrogen-bond acceptors (Lipinski definition) is 6. The largest absolute Gasteiger partial charge is 0.462 e. The topological polar surface area (TPSA) is 97.3 Å². The second kappa shape index (κ2) is 9.36. The number of benzene rings is 1. The zero-order valence-electron chi connectivity index (χ0n) is 16.3. The van der Waals surface area contributed by atoms with Crippen molar-refractivity contribution in [3.05, 3.63) is 41.7 Å². The van der Waals surface area contributed by atoms with E-state index in [-0.39, 0.29) is 11.9 Å². The summed E-state index contributed by atoms with van der Waals surface area (Å²) >= 11 is 0. The van der Waals surface area contributed by atoms with E-state index in [2.05, 4.69) is 21.0 Å². The molecule has 1 fully saturated rings. The van der Waals surface area contributed by atoms with E-state index in [1.54, 1.807) is 31.2 Å². The number of carbonyl (C=O) groups excluding carboxylic acids is 2. The maximum atomic E-state index is 12.7. The van der Waals surface area contributed by atoms with Crippen LogP contribution in [0.25, 0.3) is 0 Å². The van der Waals surface area contributed by atoms with Crippen molar-refractivity contribution in [3.8, 4) is 0 Å². The molecule has 150 valence electrons. The van der Waals surface area contributed by atoms with Crippen molar-refractivity contribution in [1.29, 1.82) is 0 Å². The van der Waals surface area contributed by atoms with Gasteiger partial charge in [0.05, 0.1) is 29.6 Å². The third kappa shape index (κ3) is 4.69. The van der Waals surface area contributed by atoms with E-state index >= 15 is 0 Å². The highest BCUT2D eigenvalue weighted by Crippen LogP contribution is 2.25. The first kappa shape index (κ1) is 19.9. The molecule has 2 heterocycles. The van der Waals surface area contributed by atoms with Gasteiger partial charge in [-0.3, -0.25) is 9.48 Å². The minimum absolute atomic E-state index is 0.264. The van der Waals surface area contributed by atoms with Crippen LogP contribution in [0.5, 0.6) is 0 Å². The smallest absolute Gasteiger partial charge is 0.338 e. The van der Waals surface area contributed by atoms with Crippen LogP contribution < -0.4 is 16.0 Å². The zero-order valence-corrected chi connectivity index (χ0v) is 16.3. The average molecular weight is 385 g/mol. The predicted octanol–water partition coefficient (Wildman–Crippen LogP) is 2.67. The van der Waals surface area contributed by atoms with Gasteiger partial charge in [-0.15, -0.1) is 0 Å². The molecule has 1 aliphatic rings. The summed E-state index contributed by atoms with van der Waals surface area (Å²) in [6.45, 7) is 6.58. The lowest BCUT2D eigenvalue weighted by Gasteiger charge is -2.22. The van der Waals surface area contributed by atoms with Crippen LogP contribution >= 0.6 is 0 Å². The van der Waals surface area contributed by atoms with Crippen LogP contribution in [0.4, 0.5) is 11.4 Å². The molecule has 3 N–H and O–H groups in total. The number of piperidine rings is 1. The number of amides is 1. The van der Waals surface area contributed by atoms with Crippen LogP contribution in [0, 0.1) is 0 Å². The van der Waals surface area contributed by atoms with E-state index < -0.39 is 5.97 Å². The molecule has 0 saturated carbocycles. The summed E-state index contributed by atoms with van der Waals surface area (Å²) in [5.41, 5.74) is 1.98. The van der Waals surface area contributed by atoms with Crippen molar-refractivity contribution < 1.29 is 14.3 Å². The predicted molar refractivity (Wildman–Crippen MR) is 108 cm³/mol. The Balaban J connectivity index is 1.77. The Bertz CT molecular complexity index is 827. The molecular weight excluding hydrogens is 358 g/mol. The van der Waals surface area contributed by atoms with E-state index in [1.165, 1.54) is 0 Å². The molecule has 0 radical (unpaired) electrons. The van der Waals surface area contributed by atoms with Crippen molar-refractivity contribution in [2.24, 2.45) is 0 Å². The molecule has 1 aromatic carbocycles. The van der Waals surface area contributed by atoms with Gasteiger partial charge in [-0.1, -0.05) is 0 Å². The highest BCUT2D eigenvalue weighted by Gasteiger charge is 2.19. The Morgan fingerprint density at radius 3 is 2.86 bits per heavy atom. The van der Waals surface area contributed by atoms with Gasteiger partial charge in [-0.25, -0.2) is 4.79 Å². The summed E-state index contributed by atoms with van der Waals surface area (Å²) in [4.78, 5) is 24.8. The summed E-state index contributed by atoms with van der Waals surface area (Å²) in [7, 11) is 0. The molecule has 28 heavy (non-hydrogen) atoms. The number of rotatable bonds is 7. The van der Waals surface area contributed by atoms with E-state index in [1.807, 2.05) is 17.8 Å². The molecule has 1 unspecified atom stereocenters. The molecule has 0 spiro atoms. The third-order valence-corrected chi connectivity index (χ3v) is 4.63. The van der Waals surface area contributed by atoms with Crippen LogP contribution in [-0.2, 0) is 4.74 Å². The summed E-state index contributed by atoms with van der Waals surface area (Å²) in [6.07, 6.45) is 3.98. The number of ether oxygens (including phenoxy) is 1. The van der Waals surface area contributed by atoms with Gasteiger partial charge in [-0.05, 0) is 57.5 Å². The molecular formula is C20H27N5O3. The second-order valence-electron chi connectivity index (χ2n) is 6.65. The molecule has 1 saturated heterocycles. The number of carbonyl (C=O) groups is 2. The summed E-state index contributed by atoms with van der Waals surface area (Å²) < 4.78 is 6.90. The van der Waals surface area contributed by atoms with Crippen LogP contribution in [0.2, 0.25) is 0 Å².